The van der Waals surface area contributed by atoms with E-state index in [-0.39, 0.29) is 55.3 Å². The highest BCUT2D eigenvalue weighted by Gasteiger charge is 2.26. The molecule has 51 heavy (non-hydrogen) atoms. The molecule has 1 aromatic heterocycles. The second-order valence-corrected chi connectivity index (χ2v) is 12.1. The third-order valence-electron chi connectivity index (χ3n) is 6.95. The number of nitrogens with one attached hydrogen (secondary N) is 3. The molecule has 5 rings (SSSR count). The third kappa shape index (κ3) is 13.2. The number of esters is 2. The predicted octanol–water partition coefficient (Wildman–Crippen LogP) is 3.82. The van der Waals surface area contributed by atoms with Gasteiger partial charge in [-0.15, -0.1) is 0 Å². The van der Waals surface area contributed by atoms with Gasteiger partial charge < -0.3 is 49.1 Å². The molecule has 16 heteroatoms. The van der Waals surface area contributed by atoms with E-state index < -0.39 is 29.5 Å². The molecule has 0 saturated carbocycles. The van der Waals surface area contributed by atoms with Gasteiger partial charge in [0.2, 0.25) is 11.9 Å². The molecule has 2 aliphatic heterocycles. The van der Waals surface area contributed by atoms with Gasteiger partial charge in [-0.25, -0.2) is 4.79 Å². The lowest BCUT2D eigenvalue weighted by atomic mass is 10.1. The maximum Gasteiger partial charge on any atom is 0.328 e. The number of benzene rings is 2. The summed E-state index contributed by atoms with van der Waals surface area (Å²) >= 11 is 0. The molecule has 3 heterocycles. The summed E-state index contributed by atoms with van der Waals surface area (Å²) in [5, 5.41) is 8.98. The summed E-state index contributed by atoms with van der Waals surface area (Å²) in [6.07, 6.45) is -0.148. The second-order valence-electron chi connectivity index (χ2n) is 12.1. The first-order chi connectivity index (χ1) is 24.5. The minimum absolute atomic E-state index is 0.0334. The molecule has 3 N–H and O–H groups in total. The molecule has 1 atom stereocenters. The SMILES string of the molecule is CCOc1nc2nc(n1)Nc1ccc(C(=O)N[C@@H](CCC(=O)OC(C)(C)C)C(=O)OC)c(c1)OCCOCCOCCOc1ccc(cc1)CN2. The molecule has 1 amide bonds. The van der Waals surface area contributed by atoms with Crippen LogP contribution in [0.2, 0.25) is 0 Å². The average Bonchev–Trinajstić information content (AvgIpc) is 3.09. The van der Waals surface area contributed by atoms with Crippen molar-refractivity contribution >= 4 is 35.4 Å². The van der Waals surface area contributed by atoms with Crippen LogP contribution in [0.4, 0.5) is 17.6 Å². The Morgan fingerprint density at radius 2 is 1.59 bits per heavy atom. The number of methoxy groups -OCH3 is 1. The molecule has 0 radical (unpaired) electrons. The van der Waals surface area contributed by atoms with Gasteiger partial charge in [-0.2, -0.15) is 15.0 Å². The van der Waals surface area contributed by atoms with Crippen molar-refractivity contribution in [1.82, 2.24) is 20.3 Å². The van der Waals surface area contributed by atoms with Crippen LogP contribution in [0.1, 0.15) is 56.5 Å². The first-order valence-electron chi connectivity index (χ1n) is 16.7. The summed E-state index contributed by atoms with van der Waals surface area (Å²) in [6, 6.07) is 11.4. The highest BCUT2D eigenvalue weighted by molar-refractivity contribution is 5.99. The quantitative estimate of drug-likeness (QED) is 0.226. The van der Waals surface area contributed by atoms with Crippen LogP contribution in [0.25, 0.3) is 0 Å². The molecule has 0 unspecified atom stereocenters. The van der Waals surface area contributed by atoms with E-state index in [1.165, 1.54) is 13.2 Å². The summed E-state index contributed by atoms with van der Waals surface area (Å²) < 4.78 is 38.8. The maximum atomic E-state index is 13.6. The fourth-order valence-electron chi connectivity index (χ4n) is 4.64. The third-order valence-corrected chi connectivity index (χ3v) is 6.95. The molecule has 6 bridgehead atoms. The van der Waals surface area contributed by atoms with Gasteiger partial charge in [0, 0.05) is 24.7 Å². The highest BCUT2D eigenvalue weighted by atomic mass is 16.6. The van der Waals surface area contributed by atoms with Crippen molar-refractivity contribution in [3.63, 3.8) is 0 Å². The van der Waals surface area contributed by atoms with E-state index in [9.17, 15) is 14.4 Å². The number of anilines is 3. The summed E-state index contributed by atoms with van der Waals surface area (Å²) in [6.45, 7) is 9.54. The molecule has 0 spiro atoms. The number of amides is 1. The topological polar surface area (TPSA) is 191 Å². The number of carbonyl (C=O) groups is 3. The fourth-order valence-corrected chi connectivity index (χ4v) is 4.64. The molecule has 2 aromatic carbocycles. The summed E-state index contributed by atoms with van der Waals surface area (Å²) in [4.78, 5) is 51.7. The number of aromatic nitrogens is 3. The number of hydrogen-bond donors (Lipinski definition) is 3. The smallest absolute Gasteiger partial charge is 0.328 e. The second kappa shape index (κ2) is 19.2. The molecular weight excluding hydrogens is 664 g/mol. The van der Waals surface area contributed by atoms with Gasteiger partial charge in [0.1, 0.15) is 36.4 Å². The molecule has 16 nitrogen and oxygen atoms in total. The zero-order valence-electron chi connectivity index (χ0n) is 29.6. The van der Waals surface area contributed by atoms with Crippen LogP contribution < -0.4 is 30.2 Å². The van der Waals surface area contributed by atoms with Crippen molar-refractivity contribution in [3.8, 4) is 17.5 Å². The Labute approximate surface area is 296 Å². The molecule has 0 saturated heterocycles. The Bertz CT molecular complexity index is 1600. The van der Waals surface area contributed by atoms with E-state index in [0.29, 0.717) is 45.3 Å². The molecule has 0 fully saturated rings. The Kier molecular flexibility index (Phi) is 14.6. The lowest BCUT2D eigenvalue weighted by molar-refractivity contribution is -0.155. The van der Waals surface area contributed by atoms with Crippen molar-refractivity contribution in [2.45, 2.75) is 58.7 Å². The number of ether oxygens (including phenoxy) is 7. The monoisotopic (exact) mass is 710 g/mol. The van der Waals surface area contributed by atoms with E-state index in [1.54, 1.807) is 32.9 Å². The molecule has 3 aromatic rings. The maximum absolute atomic E-state index is 13.6. The van der Waals surface area contributed by atoms with Crippen molar-refractivity contribution < 1.29 is 47.5 Å². The van der Waals surface area contributed by atoms with Crippen molar-refractivity contribution in [2.75, 3.05) is 64.0 Å². The van der Waals surface area contributed by atoms with Gasteiger partial charge in [-0.3, -0.25) is 9.59 Å². The number of nitrogens with zero attached hydrogens (tertiary/aromatic N) is 3. The van der Waals surface area contributed by atoms with Gasteiger partial charge >= 0.3 is 17.9 Å². The standard InChI is InChI=1S/C35H46N6O10/c1-6-48-34-40-32-36-22-23-7-10-25(11-8-23)49-19-17-46-15-16-47-18-20-50-28-21-24(37-33(39-32)41-34)9-12-26(28)30(43)38-27(31(44)45-5)13-14-29(42)51-35(2,3)4/h7-12,21,27H,6,13-20,22H2,1-5H3,(H,38,43)(H2,36,37,39,40,41)/t27-/m0/s1. The largest absolute Gasteiger partial charge is 0.491 e. The number of carbonyl (C=O) groups excluding carboxylic acids is 3. The zero-order chi connectivity index (χ0) is 36.6. The van der Waals surface area contributed by atoms with Crippen LogP contribution in [0.5, 0.6) is 17.5 Å². The summed E-state index contributed by atoms with van der Waals surface area (Å²) in [7, 11) is 1.20. The fraction of sp³-hybridized carbons (Fsp3) is 0.486. The van der Waals surface area contributed by atoms with Gasteiger partial charge in [0.05, 0.1) is 45.7 Å². The molecule has 0 aliphatic carbocycles. The first kappa shape index (κ1) is 38.6. The minimum Gasteiger partial charge on any atom is -0.491 e. The molecule has 2 aliphatic rings. The van der Waals surface area contributed by atoms with E-state index in [0.717, 1.165) is 11.3 Å². The summed E-state index contributed by atoms with van der Waals surface area (Å²) in [5.74, 6) is -0.486. The Hall–Kier alpha value is -5.22. The Morgan fingerprint density at radius 1 is 0.902 bits per heavy atom. The first-order valence-corrected chi connectivity index (χ1v) is 16.7. The Balaban J connectivity index is 1.57. The van der Waals surface area contributed by atoms with Crippen LogP contribution in [0.15, 0.2) is 42.5 Å². The van der Waals surface area contributed by atoms with Gasteiger partial charge in [0.25, 0.3) is 5.91 Å². The van der Waals surface area contributed by atoms with Crippen LogP contribution in [-0.4, -0.2) is 97.8 Å². The highest BCUT2D eigenvalue weighted by Crippen LogP contribution is 2.27. The van der Waals surface area contributed by atoms with Gasteiger partial charge in [0.15, 0.2) is 0 Å². The molecule has 276 valence electrons. The predicted molar refractivity (Wildman–Crippen MR) is 185 cm³/mol. The van der Waals surface area contributed by atoms with E-state index in [1.807, 2.05) is 31.2 Å². The molecular formula is C35H46N6O10. The lowest BCUT2D eigenvalue weighted by Crippen LogP contribution is -2.42. The number of hydrogen-bond acceptors (Lipinski definition) is 15. The van der Waals surface area contributed by atoms with E-state index in [2.05, 4.69) is 30.9 Å². The minimum atomic E-state index is -1.12. The Morgan fingerprint density at radius 3 is 2.27 bits per heavy atom. The van der Waals surface area contributed by atoms with Crippen LogP contribution in [0.3, 0.4) is 0 Å². The lowest BCUT2D eigenvalue weighted by Gasteiger charge is -2.21. The number of rotatable bonds is 8. The normalized spacial score (nSPS) is 14.7. The van der Waals surface area contributed by atoms with Gasteiger partial charge in [-0.05, 0) is 63.9 Å². The van der Waals surface area contributed by atoms with Gasteiger partial charge in [-0.1, -0.05) is 12.1 Å². The van der Waals surface area contributed by atoms with Crippen molar-refractivity contribution in [2.24, 2.45) is 0 Å². The van der Waals surface area contributed by atoms with Crippen LogP contribution in [-0.2, 0) is 35.1 Å². The van der Waals surface area contributed by atoms with Crippen molar-refractivity contribution in [3.05, 3.63) is 53.6 Å². The summed E-state index contributed by atoms with van der Waals surface area (Å²) in [5.41, 5.74) is 0.883. The zero-order valence-corrected chi connectivity index (χ0v) is 29.6. The van der Waals surface area contributed by atoms with Crippen molar-refractivity contribution in [1.29, 1.82) is 0 Å². The number of fused-ring (bicyclic) bond motifs is 12. The average molecular weight is 711 g/mol. The van der Waals surface area contributed by atoms with E-state index in [4.69, 9.17) is 33.2 Å². The van der Waals surface area contributed by atoms with E-state index >= 15 is 0 Å². The van der Waals surface area contributed by atoms with Crippen LogP contribution >= 0.6 is 0 Å². The van der Waals surface area contributed by atoms with Crippen LogP contribution in [0, 0.1) is 0 Å².